The highest BCUT2D eigenvalue weighted by Gasteiger charge is 2.17. The first-order valence-corrected chi connectivity index (χ1v) is 9.46. The number of ether oxygens (including phenoxy) is 1. The molecule has 0 aromatic carbocycles. The molecule has 10 nitrogen and oxygen atoms in total. The van der Waals surface area contributed by atoms with Crippen molar-refractivity contribution < 1.29 is 19.7 Å². The molecule has 2 aromatic heterocycles. The van der Waals surface area contributed by atoms with Crippen LogP contribution in [0.15, 0.2) is 33.5 Å². The lowest BCUT2D eigenvalue weighted by molar-refractivity contribution is -0.390. The summed E-state index contributed by atoms with van der Waals surface area (Å²) in [5.41, 5.74) is 0. The van der Waals surface area contributed by atoms with Crippen LogP contribution < -0.4 is 4.74 Å². The predicted octanol–water partition coefficient (Wildman–Crippen LogP) is 4.37. The van der Waals surface area contributed by atoms with Crippen LogP contribution in [-0.4, -0.2) is 36.9 Å². The van der Waals surface area contributed by atoms with Crippen molar-refractivity contribution >= 4 is 59.4 Å². The molecule has 0 saturated carbocycles. The Morgan fingerprint density at radius 1 is 1.00 bits per heavy atom. The molecular formula is C13H11Br3N4O6. The van der Waals surface area contributed by atoms with Crippen molar-refractivity contribution in [2.45, 2.75) is 6.42 Å². The van der Waals surface area contributed by atoms with Crippen LogP contribution in [0, 0.1) is 20.2 Å². The van der Waals surface area contributed by atoms with Crippen LogP contribution in [0.25, 0.3) is 0 Å². The number of hydrogen-bond donors (Lipinski definition) is 1. The van der Waals surface area contributed by atoms with E-state index in [1.807, 2.05) is 0 Å². The zero-order chi connectivity index (χ0) is 19.7. The average Bonchev–Trinajstić information content (AvgIpc) is 2.58. The predicted molar refractivity (Wildman–Crippen MR) is 103 cm³/mol. The highest BCUT2D eigenvalue weighted by molar-refractivity contribution is 9.10. The minimum absolute atomic E-state index is 0.198. The summed E-state index contributed by atoms with van der Waals surface area (Å²) in [5, 5.41) is 30.5. The smallest absolute Gasteiger partial charge is 0.407 e. The van der Waals surface area contributed by atoms with E-state index in [4.69, 9.17) is 9.84 Å². The van der Waals surface area contributed by atoms with Crippen LogP contribution >= 0.6 is 47.8 Å². The monoisotopic (exact) mass is 556 g/mol. The zero-order valence-corrected chi connectivity index (χ0v) is 17.6. The van der Waals surface area contributed by atoms with Gasteiger partial charge in [-0.3, -0.25) is 0 Å². The molecule has 2 heterocycles. The van der Waals surface area contributed by atoms with Gasteiger partial charge in [0.1, 0.15) is 0 Å². The van der Waals surface area contributed by atoms with E-state index in [-0.39, 0.29) is 11.6 Å². The maximum Gasteiger partial charge on any atom is 0.407 e. The Morgan fingerprint density at radius 2 is 1.54 bits per heavy atom. The molecule has 0 aliphatic carbocycles. The maximum absolute atomic E-state index is 10.6. The number of hydrogen-bond acceptors (Lipinski definition) is 8. The van der Waals surface area contributed by atoms with Gasteiger partial charge in [0.05, 0.1) is 6.61 Å². The lowest BCUT2D eigenvalue weighted by Crippen LogP contribution is -2.02. The molecule has 2 aromatic rings. The Labute approximate surface area is 172 Å². The molecule has 2 rings (SSSR count). The molecule has 140 valence electrons. The number of rotatable bonds is 6. The van der Waals surface area contributed by atoms with E-state index < -0.39 is 21.4 Å². The first-order valence-electron chi connectivity index (χ1n) is 6.75. The standard InChI is InChI=1S/C8H8Br2N2O3.C5H3BrN2O3/c9-4-1-5-15-6-2-3-7(10)11-8(6)12(13)14;6-4-2-1-3(9)5(7-4)8(10)11/h2-3H,1,4-5H2;1-2,9H. The topological polar surface area (TPSA) is 142 Å². The van der Waals surface area contributed by atoms with Crippen molar-refractivity contribution in [3.8, 4) is 11.5 Å². The summed E-state index contributed by atoms with van der Waals surface area (Å²) >= 11 is 9.25. The third-order valence-corrected chi connectivity index (χ3v) is 3.95. The van der Waals surface area contributed by atoms with Gasteiger partial charge in [0, 0.05) is 49.3 Å². The van der Waals surface area contributed by atoms with Crippen molar-refractivity contribution in [1.29, 1.82) is 0 Å². The molecule has 13 heteroatoms. The molecule has 0 aliphatic rings. The van der Waals surface area contributed by atoms with Crippen molar-refractivity contribution in [2.24, 2.45) is 0 Å². The molecule has 0 bridgehead atoms. The van der Waals surface area contributed by atoms with Crippen LogP contribution in [-0.2, 0) is 0 Å². The Balaban J connectivity index is 0.000000273. The number of aromatic hydroxyl groups is 1. The summed E-state index contributed by atoms with van der Waals surface area (Å²) in [6.07, 6.45) is 0.785. The van der Waals surface area contributed by atoms with Gasteiger partial charge in [-0.1, -0.05) is 15.9 Å². The fourth-order valence-corrected chi connectivity index (χ4v) is 2.27. The molecule has 0 unspecified atom stereocenters. The van der Waals surface area contributed by atoms with E-state index in [9.17, 15) is 20.2 Å². The normalized spacial score (nSPS) is 9.81. The fraction of sp³-hybridized carbons (Fsp3) is 0.231. The minimum atomic E-state index is -0.750. The number of nitro groups is 2. The van der Waals surface area contributed by atoms with E-state index in [1.54, 1.807) is 6.07 Å². The lowest BCUT2D eigenvalue weighted by atomic mass is 10.4. The summed E-state index contributed by atoms with van der Waals surface area (Å²) in [7, 11) is 0. The lowest BCUT2D eigenvalue weighted by Gasteiger charge is -2.04. The van der Waals surface area contributed by atoms with Crippen molar-refractivity contribution in [2.75, 3.05) is 11.9 Å². The Hall–Kier alpha value is -1.86. The third-order valence-electron chi connectivity index (χ3n) is 2.51. The number of pyridine rings is 2. The Kier molecular flexibility index (Phi) is 9.37. The quantitative estimate of drug-likeness (QED) is 0.181. The summed E-state index contributed by atoms with van der Waals surface area (Å²) in [5.74, 6) is -1.04. The summed E-state index contributed by atoms with van der Waals surface area (Å²) in [6.45, 7) is 0.426. The Morgan fingerprint density at radius 3 is 2.04 bits per heavy atom. The van der Waals surface area contributed by atoms with E-state index >= 15 is 0 Å². The highest BCUT2D eigenvalue weighted by atomic mass is 79.9. The van der Waals surface area contributed by atoms with Crippen molar-refractivity contribution in [1.82, 2.24) is 9.97 Å². The first kappa shape index (κ1) is 22.2. The van der Waals surface area contributed by atoms with E-state index in [0.717, 1.165) is 11.8 Å². The Bertz CT molecular complexity index is 792. The summed E-state index contributed by atoms with van der Waals surface area (Å²) in [6, 6.07) is 5.76. The second-order valence-corrected chi connectivity index (χ2v) is 6.76. The largest absolute Gasteiger partial charge is 0.501 e. The van der Waals surface area contributed by atoms with Crippen molar-refractivity contribution in [3.05, 3.63) is 53.7 Å². The molecule has 0 spiro atoms. The number of halogens is 3. The number of alkyl halides is 1. The molecule has 0 aliphatic heterocycles. The van der Waals surface area contributed by atoms with Crippen LogP contribution in [0.5, 0.6) is 11.5 Å². The minimum Gasteiger partial charge on any atom is -0.501 e. The second-order valence-electron chi connectivity index (χ2n) is 4.34. The number of aromatic nitrogens is 2. The molecule has 1 N–H and O–H groups in total. The summed E-state index contributed by atoms with van der Waals surface area (Å²) in [4.78, 5) is 26.6. The van der Waals surface area contributed by atoms with Crippen molar-refractivity contribution in [3.63, 3.8) is 0 Å². The van der Waals surface area contributed by atoms with Gasteiger partial charge < -0.3 is 30.1 Å². The van der Waals surface area contributed by atoms with Gasteiger partial charge in [-0.25, -0.2) is 0 Å². The third kappa shape index (κ3) is 7.17. The van der Waals surface area contributed by atoms with Crippen LogP contribution in [0.1, 0.15) is 6.42 Å². The van der Waals surface area contributed by atoms with Gasteiger partial charge in [-0.05, 0) is 38.4 Å². The molecule has 0 saturated heterocycles. The molecule has 0 radical (unpaired) electrons. The molecule has 26 heavy (non-hydrogen) atoms. The molecule has 0 amide bonds. The average molecular weight is 559 g/mol. The SMILES string of the molecule is O=[N+]([O-])c1nc(Br)ccc1O.O=[N+]([O-])c1nc(Br)ccc1OCCCBr. The van der Waals surface area contributed by atoms with Gasteiger partial charge >= 0.3 is 11.6 Å². The van der Waals surface area contributed by atoms with Gasteiger partial charge in [-0.15, -0.1) is 0 Å². The zero-order valence-electron chi connectivity index (χ0n) is 12.8. The second kappa shape index (κ2) is 11.0. The summed E-state index contributed by atoms with van der Waals surface area (Å²) < 4.78 is 5.98. The van der Waals surface area contributed by atoms with E-state index in [1.165, 1.54) is 18.2 Å². The molecular weight excluding hydrogens is 548 g/mol. The van der Waals surface area contributed by atoms with Gasteiger partial charge in [0.25, 0.3) is 0 Å². The van der Waals surface area contributed by atoms with Gasteiger partial charge in [0.15, 0.2) is 0 Å². The van der Waals surface area contributed by atoms with Gasteiger partial charge in [0.2, 0.25) is 20.7 Å². The number of nitrogens with zero attached hydrogens (tertiary/aromatic N) is 4. The van der Waals surface area contributed by atoms with E-state index in [2.05, 4.69) is 57.8 Å². The first-order chi connectivity index (χ1) is 12.3. The van der Waals surface area contributed by atoms with Crippen LogP contribution in [0.2, 0.25) is 0 Å². The highest BCUT2D eigenvalue weighted by Crippen LogP contribution is 2.26. The van der Waals surface area contributed by atoms with E-state index in [0.29, 0.717) is 15.8 Å². The molecule has 0 fully saturated rings. The maximum atomic E-state index is 10.6. The van der Waals surface area contributed by atoms with Crippen LogP contribution in [0.3, 0.4) is 0 Å². The molecule has 0 atom stereocenters. The van der Waals surface area contributed by atoms with Crippen LogP contribution in [0.4, 0.5) is 11.6 Å². The fourth-order valence-electron chi connectivity index (χ4n) is 1.44. The van der Waals surface area contributed by atoms with Gasteiger partial charge in [-0.2, -0.15) is 0 Å².